The van der Waals surface area contributed by atoms with Crippen molar-refractivity contribution in [2.24, 2.45) is 0 Å². The first-order chi connectivity index (χ1) is 14.8. The fraction of sp³-hybridized carbons (Fsp3) is 0.172. The lowest BCUT2D eigenvalue weighted by molar-refractivity contribution is 0.795. The molecule has 0 spiro atoms. The number of rotatable bonds is 8. The molecule has 0 aliphatic rings. The first-order valence-electron chi connectivity index (χ1n) is 11.0. The van der Waals surface area contributed by atoms with Gasteiger partial charge in [-0.25, -0.2) is 0 Å². The van der Waals surface area contributed by atoms with Crippen LogP contribution in [-0.2, 0) is 12.6 Å². The van der Waals surface area contributed by atoms with Crippen molar-refractivity contribution in [3.05, 3.63) is 126 Å². The summed E-state index contributed by atoms with van der Waals surface area (Å²) in [7, 11) is -1.81. The Kier molecular flexibility index (Phi) is 6.77. The Balaban J connectivity index is 1.85. The van der Waals surface area contributed by atoms with Gasteiger partial charge in [0.15, 0.2) is 0 Å². The molecule has 0 nitrogen and oxygen atoms in total. The van der Waals surface area contributed by atoms with Crippen molar-refractivity contribution in [3.8, 4) is 0 Å². The van der Waals surface area contributed by atoms with Crippen molar-refractivity contribution in [1.29, 1.82) is 0 Å². The Morgan fingerprint density at radius 2 is 0.900 bits per heavy atom. The van der Waals surface area contributed by atoms with E-state index in [0.717, 1.165) is 6.16 Å². The normalized spacial score (nSPS) is 11.4. The lowest BCUT2D eigenvalue weighted by atomic mass is 10.1. The van der Waals surface area contributed by atoms with E-state index in [0.29, 0.717) is 0 Å². The Morgan fingerprint density at radius 3 is 1.30 bits per heavy atom. The Labute approximate surface area is 182 Å². The summed E-state index contributed by atoms with van der Waals surface area (Å²) < 4.78 is 0. The van der Waals surface area contributed by atoms with Gasteiger partial charge in [0.1, 0.15) is 23.2 Å². The molecule has 0 atom stereocenters. The fourth-order valence-electron chi connectivity index (χ4n) is 4.23. The smallest absolute Gasteiger partial charge is 0.0654 e. The molecule has 0 bridgehead atoms. The summed E-state index contributed by atoms with van der Waals surface area (Å²) in [5.74, 6) is 0. The summed E-state index contributed by atoms with van der Waals surface area (Å²) in [5, 5.41) is 4.33. The molecule has 0 aromatic heterocycles. The van der Waals surface area contributed by atoms with Gasteiger partial charge in [0.2, 0.25) is 0 Å². The van der Waals surface area contributed by atoms with E-state index >= 15 is 0 Å². The average Bonchev–Trinajstić information content (AvgIpc) is 2.84. The van der Waals surface area contributed by atoms with Gasteiger partial charge in [0.05, 0.1) is 6.16 Å². The maximum atomic E-state index is 2.36. The quantitative estimate of drug-likeness (QED) is 0.291. The lowest BCUT2D eigenvalue weighted by Crippen LogP contribution is -2.32. The summed E-state index contributed by atoms with van der Waals surface area (Å²) in [6.07, 6.45) is 4.72. The van der Waals surface area contributed by atoms with Crippen LogP contribution in [0.25, 0.3) is 0 Å². The third kappa shape index (κ3) is 4.40. The molecule has 4 rings (SSSR count). The van der Waals surface area contributed by atoms with Gasteiger partial charge >= 0.3 is 0 Å². The molecule has 0 fully saturated rings. The zero-order chi connectivity index (χ0) is 20.7. The van der Waals surface area contributed by atoms with Crippen LogP contribution >= 0.6 is 7.26 Å². The van der Waals surface area contributed by atoms with Gasteiger partial charge in [0.25, 0.3) is 0 Å². The highest BCUT2D eigenvalue weighted by Crippen LogP contribution is 2.58. The van der Waals surface area contributed by atoms with Crippen LogP contribution in [0, 0.1) is 0 Å². The fourth-order valence-corrected chi connectivity index (χ4v) is 8.48. The minimum Gasteiger partial charge on any atom is -0.0654 e. The maximum Gasteiger partial charge on any atom is 0.116 e. The summed E-state index contributed by atoms with van der Waals surface area (Å²) in [6, 6.07) is 42.8. The average molecular weight is 410 g/mol. The summed E-state index contributed by atoms with van der Waals surface area (Å²) in [4.78, 5) is 0. The van der Waals surface area contributed by atoms with E-state index in [9.17, 15) is 0 Å². The van der Waals surface area contributed by atoms with E-state index < -0.39 is 7.26 Å². The molecule has 0 N–H and O–H groups in total. The molecule has 4 aromatic rings. The monoisotopic (exact) mass is 409 g/mol. The summed E-state index contributed by atoms with van der Waals surface area (Å²) in [5.41, 5.74) is 2.86. The standard InChI is InChI=1S/C29H30P/c1-2-3-13-25-20-22-26(23-21-25)24-30(27-14-7-4-8-15-27,28-16-9-5-10-17-28)29-18-11-6-12-19-29/h4-12,14-23H,2-3,13,24H2,1H3/q+1. The Bertz CT molecular complexity index is 925. The van der Waals surface area contributed by atoms with Crippen LogP contribution in [0.2, 0.25) is 0 Å². The molecule has 0 amide bonds. The van der Waals surface area contributed by atoms with Crippen LogP contribution in [0.1, 0.15) is 30.9 Å². The minimum atomic E-state index is -1.81. The number of hydrogen-bond donors (Lipinski definition) is 0. The third-order valence-electron chi connectivity index (χ3n) is 5.85. The molecule has 0 aliphatic carbocycles. The van der Waals surface area contributed by atoms with Gasteiger partial charge in [-0.1, -0.05) is 92.2 Å². The largest absolute Gasteiger partial charge is 0.116 e. The molecule has 0 radical (unpaired) electrons. The summed E-state index contributed by atoms with van der Waals surface area (Å²) in [6.45, 7) is 2.26. The highest BCUT2D eigenvalue weighted by molar-refractivity contribution is 7.95. The molecule has 0 unspecified atom stereocenters. The topological polar surface area (TPSA) is 0 Å². The molecule has 0 saturated heterocycles. The molecular weight excluding hydrogens is 379 g/mol. The van der Waals surface area contributed by atoms with Gasteiger partial charge in [0, 0.05) is 0 Å². The van der Waals surface area contributed by atoms with E-state index in [1.54, 1.807) is 0 Å². The lowest BCUT2D eigenvalue weighted by Gasteiger charge is -2.28. The van der Waals surface area contributed by atoms with Crippen LogP contribution < -0.4 is 15.9 Å². The number of benzene rings is 4. The van der Waals surface area contributed by atoms with Crippen LogP contribution in [0.5, 0.6) is 0 Å². The van der Waals surface area contributed by atoms with Crippen molar-refractivity contribution in [2.45, 2.75) is 32.3 Å². The zero-order valence-electron chi connectivity index (χ0n) is 17.7. The minimum absolute atomic E-state index is 1.04. The van der Waals surface area contributed by atoms with Crippen molar-refractivity contribution in [1.82, 2.24) is 0 Å². The van der Waals surface area contributed by atoms with Gasteiger partial charge in [-0.05, 0) is 60.4 Å². The molecule has 1 heteroatoms. The molecule has 0 aliphatic heterocycles. The predicted molar refractivity (Wildman–Crippen MR) is 134 cm³/mol. The maximum absolute atomic E-state index is 2.36. The molecular formula is C29H30P+. The van der Waals surface area contributed by atoms with E-state index in [1.807, 2.05) is 0 Å². The van der Waals surface area contributed by atoms with Gasteiger partial charge < -0.3 is 0 Å². The Hall–Kier alpha value is -2.69. The van der Waals surface area contributed by atoms with Crippen LogP contribution in [-0.4, -0.2) is 0 Å². The van der Waals surface area contributed by atoms with Crippen molar-refractivity contribution >= 4 is 23.2 Å². The van der Waals surface area contributed by atoms with E-state index in [2.05, 4.69) is 122 Å². The molecule has 0 saturated carbocycles. The van der Waals surface area contributed by atoms with Crippen molar-refractivity contribution in [3.63, 3.8) is 0 Å². The number of unbranched alkanes of at least 4 members (excludes halogenated alkanes) is 1. The second-order valence-electron chi connectivity index (χ2n) is 7.89. The van der Waals surface area contributed by atoms with E-state index in [1.165, 1.54) is 46.3 Å². The van der Waals surface area contributed by atoms with E-state index in [-0.39, 0.29) is 0 Å². The molecule has 0 heterocycles. The molecule has 4 aromatic carbocycles. The highest BCUT2D eigenvalue weighted by atomic mass is 31.2. The van der Waals surface area contributed by atoms with Crippen LogP contribution in [0.4, 0.5) is 0 Å². The first-order valence-corrected chi connectivity index (χ1v) is 12.9. The second kappa shape index (κ2) is 9.88. The van der Waals surface area contributed by atoms with Crippen molar-refractivity contribution < 1.29 is 0 Å². The second-order valence-corrected chi connectivity index (χ2v) is 11.4. The predicted octanol–water partition coefficient (Wildman–Crippen LogP) is 6.52. The SMILES string of the molecule is CCCCc1ccc(C[P+](c2ccccc2)(c2ccccc2)c2ccccc2)cc1. The van der Waals surface area contributed by atoms with Crippen LogP contribution in [0.15, 0.2) is 115 Å². The molecule has 30 heavy (non-hydrogen) atoms. The first kappa shape index (κ1) is 20.6. The number of aryl methyl sites for hydroxylation is 1. The summed E-state index contributed by atoms with van der Waals surface area (Å²) >= 11 is 0. The van der Waals surface area contributed by atoms with Gasteiger partial charge in [-0.2, -0.15) is 0 Å². The highest BCUT2D eigenvalue weighted by Gasteiger charge is 2.45. The third-order valence-corrected chi connectivity index (χ3v) is 10.2. The zero-order valence-corrected chi connectivity index (χ0v) is 18.6. The number of hydrogen-bond acceptors (Lipinski definition) is 0. The molecule has 150 valence electrons. The van der Waals surface area contributed by atoms with Crippen molar-refractivity contribution in [2.75, 3.05) is 0 Å². The van der Waals surface area contributed by atoms with Gasteiger partial charge in [-0.3, -0.25) is 0 Å². The van der Waals surface area contributed by atoms with Gasteiger partial charge in [-0.15, -0.1) is 0 Å². The van der Waals surface area contributed by atoms with E-state index in [4.69, 9.17) is 0 Å². The van der Waals surface area contributed by atoms with Crippen LogP contribution in [0.3, 0.4) is 0 Å². The Morgan fingerprint density at radius 1 is 0.500 bits per heavy atom.